The van der Waals surface area contributed by atoms with Crippen molar-refractivity contribution in [3.8, 4) is 6.07 Å². The molecule has 1 fully saturated rings. The minimum absolute atomic E-state index is 0.0893. The quantitative estimate of drug-likeness (QED) is 0.921. The lowest BCUT2D eigenvalue weighted by atomic mass is 9.93. The molecule has 3 rings (SSSR count). The van der Waals surface area contributed by atoms with E-state index in [-0.39, 0.29) is 22.7 Å². The van der Waals surface area contributed by atoms with Crippen molar-refractivity contribution in [2.75, 3.05) is 25.5 Å². The molecule has 2 heterocycles. The van der Waals surface area contributed by atoms with Gasteiger partial charge in [-0.15, -0.1) is 0 Å². The normalized spacial score (nSPS) is 20.8. The Bertz CT molecular complexity index is 776. The molecular formula is C17H17ClFN5. The zero-order valence-corrected chi connectivity index (χ0v) is 14.0. The van der Waals surface area contributed by atoms with E-state index in [1.165, 1.54) is 12.3 Å². The summed E-state index contributed by atoms with van der Waals surface area (Å²) in [6.45, 7) is 1.56. The van der Waals surface area contributed by atoms with E-state index in [1.807, 2.05) is 19.2 Å². The number of anilines is 1. The van der Waals surface area contributed by atoms with Crippen LogP contribution in [0.25, 0.3) is 0 Å². The van der Waals surface area contributed by atoms with E-state index in [0.29, 0.717) is 12.4 Å². The first-order valence-corrected chi connectivity index (χ1v) is 8.08. The van der Waals surface area contributed by atoms with Gasteiger partial charge in [-0.3, -0.25) is 4.90 Å². The molecule has 0 amide bonds. The van der Waals surface area contributed by atoms with Crippen molar-refractivity contribution in [2.45, 2.75) is 12.5 Å². The van der Waals surface area contributed by atoms with Gasteiger partial charge in [-0.2, -0.15) is 5.26 Å². The van der Waals surface area contributed by atoms with E-state index in [9.17, 15) is 4.39 Å². The number of benzene rings is 1. The average molecular weight is 346 g/mol. The molecule has 5 nitrogen and oxygen atoms in total. The molecule has 1 aromatic heterocycles. The number of nitrogens with zero attached hydrogens (tertiary/aromatic N) is 4. The van der Waals surface area contributed by atoms with Crippen LogP contribution in [0.1, 0.15) is 23.7 Å². The molecule has 24 heavy (non-hydrogen) atoms. The molecule has 1 aromatic carbocycles. The zero-order chi connectivity index (χ0) is 17.1. The highest BCUT2D eigenvalue weighted by Crippen LogP contribution is 2.37. The standard InChI is InChI=1S/C17H17ClFN5/c1-24-7-4-12(10-23-17-15(9-20)21-5-6-22-17)16(24)11-2-3-13(18)14(19)8-11/h2-3,5-6,8,12,16H,4,7,10H2,1H3,(H,22,23)/t12-,16-/m0/s1. The van der Waals surface area contributed by atoms with Gasteiger partial charge in [-0.25, -0.2) is 14.4 Å². The third kappa shape index (κ3) is 3.32. The van der Waals surface area contributed by atoms with Crippen LogP contribution in [0.3, 0.4) is 0 Å². The minimum Gasteiger partial charge on any atom is -0.367 e. The predicted molar refractivity (Wildman–Crippen MR) is 90.1 cm³/mol. The Morgan fingerprint density at radius 2 is 2.21 bits per heavy atom. The first-order chi connectivity index (χ1) is 11.6. The monoisotopic (exact) mass is 345 g/mol. The summed E-state index contributed by atoms with van der Waals surface area (Å²) in [6.07, 6.45) is 4.02. The number of nitriles is 1. The lowest BCUT2D eigenvalue weighted by molar-refractivity contribution is 0.281. The van der Waals surface area contributed by atoms with Gasteiger partial charge in [0.2, 0.25) is 0 Å². The molecule has 0 saturated carbocycles. The van der Waals surface area contributed by atoms with Gasteiger partial charge in [0, 0.05) is 25.0 Å². The Labute approximate surface area is 145 Å². The van der Waals surface area contributed by atoms with Crippen molar-refractivity contribution in [3.63, 3.8) is 0 Å². The first-order valence-electron chi connectivity index (χ1n) is 7.70. The fraction of sp³-hybridized carbons (Fsp3) is 0.353. The summed E-state index contributed by atoms with van der Waals surface area (Å²) < 4.78 is 13.8. The predicted octanol–water partition coefficient (Wildman–Crippen LogP) is 3.25. The molecule has 124 valence electrons. The van der Waals surface area contributed by atoms with Crippen molar-refractivity contribution < 1.29 is 4.39 Å². The summed E-state index contributed by atoms with van der Waals surface area (Å²) in [5.74, 6) is 0.349. The SMILES string of the molecule is CN1CC[C@@H](CNc2nccnc2C#N)[C@@H]1c1ccc(Cl)c(F)c1. The molecular weight excluding hydrogens is 329 g/mol. The smallest absolute Gasteiger partial charge is 0.182 e. The van der Waals surface area contributed by atoms with Crippen LogP contribution in [0.15, 0.2) is 30.6 Å². The molecule has 0 radical (unpaired) electrons. The minimum atomic E-state index is -0.401. The number of halogens is 2. The van der Waals surface area contributed by atoms with Gasteiger partial charge >= 0.3 is 0 Å². The molecule has 2 atom stereocenters. The molecule has 1 saturated heterocycles. The number of rotatable bonds is 4. The highest BCUT2D eigenvalue weighted by molar-refractivity contribution is 6.30. The summed E-state index contributed by atoms with van der Waals surface area (Å²) >= 11 is 5.79. The van der Waals surface area contributed by atoms with Crippen LogP contribution in [-0.2, 0) is 0 Å². The third-order valence-corrected chi connectivity index (χ3v) is 4.70. The first kappa shape index (κ1) is 16.6. The molecule has 1 aliphatic rings. The Balaban J connectivity index is 1.77. The molecule has 0 bridgehead atoms. The van der Waals surface area contributed by atoms with E-state index in [0.717, 1.165) is 18.5 Å². The second kappa shape index (κ2) is 7.12. The summed E-state index contributed by atoms with van der Waals surface area (Å²) in [5.41, 5.74) is 1.18. The van der Waals surface area contributed by atoms with E-state index in [4.69, 9.17) is 16.9 Å². The van der Waals surface area contributed by atoms with Gasteiger partial charge in [0.15, 0.2) is 11.5 Å². The number of aromatic nitrogens is 2. The third-order valence-electron chi connectivity index (χ3n) is 4.40. The maximum atomic E-state index is 13.8. The Hall–Kier alpha value is -2.23. The lowest BCUT2D eigenvalue weighted by Crippen LogP contribution is -2.25. The second-order valence-electron chi connectivity index (χ2n) is 5.89. The van der Waals surface area contributed by atoms with Crippen LogP contribution in [0, 0.1) is 23.1 Å². The fourth-order valence-corrected chi connectivity index (χ4v) is 3.36. The molecule has 2 aromatic rings. The van der Waals surface area contributed by atoms with Crippen molar-refractivity contribution in [1.82, 2.24) is 14.9 Å². The van der Waals surface area contributed by atoms with Crippen LogP contribution in [0.2, 0.25) is 5.02 Å². The number of hydrogen-bond donors (Lipinski definition) is 1. The van der Waals surface area contributed by atoms with Crippen molar-refractivity contribution >= 4 is 17.4 Å². The maximum absolute atomic E-state index is 13.8. The highest BCUT2D eigenvalue weighted by Gasteiger charge is 2.33. The lowest BCUT2D eigenvalue weighted by Gasteiger charge is -2.26. The maximum Gasteiger partial charge on any atom is 0.182 e. The zero-order valence-electron chi connectivity index (χ0n) is 13.2. The van der Waals surface area contributed by atoms with Gasteiger partial charge < -0.3 is 5.32 Å². The van der Waals surface area contributed by atoms with Crippen LogP contribution >= 0.6 is 11.6 Å². The molecule has 0 unspecified atom stereocenters. The molecule has 1 aliphatic heterocycles. The van der Waals surface area contributed by atoms with E-state index in [2.05, 4.69) is 20.2 Å². The second-order valence-corrected chi connectivity index (χ2v) is 6.30. The van der Waals surface area contributed by atoms with Crippen molar-refractivity contribution in [2.24, 2.45) is 5.92 Å². The van der Waals surface area contributed by atoms with E-state index >= 15 is 0 Å². The Morgan fingerprint density at radius 1 is 1.42 bits per heavy atom. The van der Waals surface area contributed by atoms with Crippen LogP contribution in [-0.4, -0.2) is 35.0 Å². The highest BCUT2D eigenvalue weighted by atomic mass is 35.5. The topological polar surface area (TPSA) is 64.8 Å². The van der Waals surface area contributed by atoms with Gasteiger partial charge in [-0.1, -0.05) is 17.7 Å². The van der Waals surface area contributed by atoms with Crippen LogP contribution < -0.4 is 5.32 Å². The molecule has 0 spiro atoms. The number of nitrogens with one attached hydrogen (secondary N) is 1. The molecule has 7 heteroatoms. The summed E-state index contributed by atoms with van der Waals surface area (Å²) in [4.78, 5) is 10.4. The summed E-state index contributed by atoms with van der Waals surface area (Å²) in [5, 5.41) is 12.4. The van der Waals surface area contributed by atoms with E-state index in [1.54, 1.807) is 12.3 Å². The molecule has 0 aliphatic carbocycles. The van der Waals surface area contributed by atoms with Gasteiger partial charge in [0.1, 0.15) is 11.9 Å². The summed E-state index contributed by atoms with van der Waals surface area (Å²) in [7, 11) is 2.03. The Kier molecular flexibility index (Phi) is 4.93. The number of hydrogen-bond acceptors (Lipinski definition) is 5. The van der Waals surface area contributed by atoms with Crippen LogP contribution in [0.4, 0.5) is 10.2 Å². The van der Waals surface area contributed by atoms with E-state index < -0.39 is 5.82 Å². The Morgan fingerprint density at radius 3 is 2.96 bits per heavy atom. The van der Waals surface area contributed by atoms with Gasteiger partial charge in [-0.05, 0) is 43.6 Å². The van der Waals surface area contributed by atoms with Crippen molar-refractivity contribution in [3.05, 3.63) is 52.7 Å². The fourth-order valence-electron chi connectivity index (χ4n) is 3.24. The largest absolute Gasteiger partial charge is 0.367 e. The van der Waals surface area contributed by atoms with Gasteiger partial charge in [0.05, 0.1) is 5.02 Å². The van der Waals surface area contributed by atoms with Gasteiger partial charge in [0.25, 0.3) is 0 Å². The average Bonchev–Trinajstić information content (AvgIpc) is 2.96. The summed E-state index contributed by atoms with van der Waals surface area (Å²) in [6, 6.07) is 7.09. The number of likely N-dealkylation sites (tertiary alicyclic amines) is 1. The van der Waals surface area contributed by atoms with Crippen molar-refractivity contribution in [1.29, 1.82) is 5.26 Å². The van der Waals surface area contributed by atoms with Crippen LogP contribution in [0.5, 0.6) is 0 Å². The molecule has 1 N–H and O–H groups in total.